The summed E-state index contributed by atoms with van der Waals surface area (Å²) >= 11 is 1.86. The van der Waals surface area contributed by atoms with Gasteiger partial charge in [0.15, 0.2) is 5.13 Å². The van der Waals surface area contributed by atoms with Crippen molar-refractivity contribution < 1.29 is 4.74 Å². The average molecular weight is 311 g/mol. The Morgan fingerprint density at radius 1 is 1.43 bits per heavy atom. The van der Waals surface area contributed by atoms with Gasteiger partial charge < -0.3 is 15.0 Å². The Kier molecular flexibility index (Phi) is 5.63. The molecule has 2 rings (SSSR count). The van der Waals surface area contributed by atoms with Gasteiger partial charge in [-0.15, -0.1) is 11.3 Å². The van der Waals surface area contributed by atoms with Crippen molar-refractivity contribution in [2.75, 3.05) is 38.3 Å². The van der Waals surface area contributed by atoms with Crippen LogP contribution in [0.5, 0.6) is 0 Å². The second kappa shape index (κ2) is 7.07. The van der Waals surface area contributed by atoms with Gasteiger partial charge in [-0.25, -0.2) is 4.98 Å². The molecule has 0 aliphatic carbocycles. The second-order valence-electron chi connectivity index (χ2n) is 6.96. The maximum Gasteiger partial charge on any atom is 0.185 e. The van der Waals surface area contributed by atoms with Gasteiger partial charge in [0.05, 0.1) is 12.3 Å². The summed E-state index contributed by atoms with van der Waals surface area (Å²) in [6, 6.07) is 0. The summed E-state index contributed by atoms with van der Waals surface area (Å²) in [5.74, 6) is 0.477. The summed E-state index contributed by atoms with van der Waals surface area (Å²) < 4.78 is 5.08. The molecule has 1 saturated heterocycles. The van der Waals surface area contributed by atoms with Gasteiger partial charge in [-0.1, -0.05) is 27.7 Å². The summed E-state index contributed by atoms with van der Waals surface area (Å²) in [5.41, 5.74) is 1.67. The van der Waals surface area contributed by atoms with Crippen LogP contribution in [0.25, 0.3) is 0 Å². The highest BCUT2D eigenvalue weighted by Gasteiger charge is 2.31. The Bertz CT molecular complexity index is 456. The predicted octanol–water partition coefficient (Wildman–Crippen LogP) is 3.24. The highest BCUT2D eigenvalue weighted by molar-refractivity contribution is 7.15. The number of nitrogens with zero attached hydrogens (tertiary/aromatic N) is 2. The van der Waals surface area contributed by atoms with E-state index in [9.17, 15) is 0 Å². The minimum atomic E-state index is 0.417. The van der Waals surface area contributed by atoms with E-state index < -0.39 is 0 Å². The van der Waals surface area contributed by atoms with Gasteiger partial charge >= 0.3 is 0 Å². The lowest BCUT2D eigenvalue weighted by atomic mass is 9.93. The SMILES string of the molecule is COCCNCc1sc(N2CCC(C)(C)C2)nc1C(C)C. The van der Waals surface area contributed by atoms with E-state index >= 15 is 0 Å². The number of hydrogen-bond donors (Lipinski definition) is 1. The van der Waals surface area contributed by atoms with Crippen LogP contribution in [0.3, 0.4) is 0 Å². The fraction of sp³-hybridized carbons (Fsp3) is 0.812. The summed E-state index contributed by atoms with van der Waals surface area (Å²) in [5, 5.41) is 4.65. The molecular weight excluding hydrogens is 282 g/mol. The van der Waals surface area contributed by atoms with Crippen LogP contribution in [0.4, 0.5) is 5.13 Å². The largest absolute Gasteiger partial charge is 0.383 e. The summed E-state index contributed by atoms with van der Waals surface area (Å²) in [7, 11) is 1.74. The maximum absolute atomic E-state index is 5.08. The average Bonchev–Trinajstić information content (AvgIpc) is 2.98. The van der Waals surface area contributed by atoms with Crippen LogP contribution in [-0.4, -0.2) is 38.3 Å². The zero-order valence-corrected chi connectivity index (χ0v) is 14.8. The molecule has 0 aromatic carbocycles. The highest BCUT2D eigenvalue weighted by atomic mass is 32.1. The maximum atomic E-state index is 5.08. The molecule has 1 fully saturated rings. The van der Waals surface area contributed by atoms with E-state index in [4.69, 9.17) is 9.72 Å². The van der Waals surface area contributed by atoms with Gasteiger partial charge in [0.2, 0.25) is 0 Å². The van der Waals surface area contributed by atoms with Crippen molar-refractivity contribution in [1.29, 1.82) is 0 Å². The minimum Gasteiger partial charge on any atom is -0.383 e. The lowest BCUT2D eigenvalue weighted by Gasteiger charge is -2.18. The van der Waals surface area contributed by atoms with Crippen LogP contribution in [0.2, 0.25) is 0 Å². The van der Waals surface area contributed by atoms with Gasteiger partial charge in [-0.3, -0.25) is 0 Å². The first-order valence-electron chi connectivity index (χ1n) is 7.87. The predicted molar refractivity (Wildman–Crippen MR) is 90.4 cm³/mol. The minimum absolute atomic E-state index is 0.417. The molecule has 1 aromatic heterocycles. The fourth-order valence-corrected chi connectivity index (χ4v) is 3.92. The van der Waals surface area contributed by atoms with Crippen LogP contribution in [0.15, 0.2) is 0 Å². The van der Waals surface area contributed by atoms with Crippen LogP contribution < -0.4 is 10.2 Å². The van der Waals surface area contributed by atoms with Crippen molar-refractivity contribution in [3.8, 4) is 0 Å². The molecule has 120 valence electrons. The van der Waals surface area contributed by atoms with Crippen molar-refractivity contribution in [1.82, 2.24) is 10.3 Å². The fourth-order valence-electron chi connectivity index (χ4n) is 2.72. The second-order valence-corrected chi connectivity index (χ2v) is 8.03. The number of rotatable bonds is 7. The monoisotopic (exact) mass is 311 g/mol. The molecule has 1 aliphatic heterocycles. The number of ether oxygens (including phenoxy) is 1. The van der Waals surface area contributed by atoms with E-state index in [1.165, 1.54) is 22.1 Å². The smallest absolute Gasteiger partial charge is 0.185 e. The number of nitrogens with one attached hydrogen (secondary N) is 1. The van der Waals surface area contributed by atoms with Gasteiger partial charge in [0.25, 0.3) is 0 Å². The Labute approximate surface area is 132 Å². The summed E-state index contributed by atoms with van der Waals surface area (Å²) in [6.45, 7) is 13.9. The molecule has 1 aromatic rings. The van der Waals surface area contributed by atoms with Gasteiger partial charge in [0.1, 0.15) is 0 Å². The topological polar surface area (TPSA) is 37.4 Å². The molecule has 0 amide bonds. The van der Waals surface area contributed by atoms with E-state index in [2.05, 4.69) is 37.9 Å². The molecule has 0 unspecified atom stereocenters. The standard InChI is InChI=1S/C16H29N3OS/c1-12(2)14-13(10-17-7-9-20-5)21-15(18-14)19-8-6-16(3,4)11-19/h12,17H,6-11H2,1-5H3. The summed E-state index contributed by atoms with van der Waals surface area (Å²) in [4.78, 5) is 8.76. The molecule has 0 spiro atoms. The zero-order valence-electron chi connectivity index (χ0n) is 14.0. The zero-order chi connectivity index (χ0) is 15.5. The third-order valence-corrected chi connectivity index (χ3v) is 5.11. The first-order valence-corrected chi connectivity index (χ1v) is 8.69. The Hall–Kier alpha value is -0.650. The van der Waals surface area contributed by atoms with Crippen LogP contribution in [-0.2, 0) is 11.3 Å². The number of hydrogen-bond acceptors (Lipinski definition) is 5. The highest BCUT2D eigenvalue weighted by Crippen LogP contribution is 2.37. The first-order chi connectivity index (χ1) is 9.93. The number of aromatic nitrogens is 1. The van der Waals surface area contributed by atoms with Crippen LogP contribution in [0.1, 0.15) is 50.6 Å². The Balaban J connectivity index is 2.06. The Morgan fingerprint density at radius 2 is 2.19 bits per heavy atom. The van der Waals surface area contributed by atoms with Crippen LogP contribution >= 0.6 is 11.3 Å². The van der Waals surface area contributed by atoms with Gasteiger partial charge in [0, 0.05) is 38.2 Å². The third-order valence-electron chi connectivity index (χ3n) is 3.98. The quantitative estimate of drug-likeness (QED) is 0.785. The number of anilines is 1. The molecule has 0 atom stereocenters. The van der Waals surface area contributed by atoms with Gasteiger partial charge in [-0.05, 0) is 17.8 Å². The van der Waals surface area contributed by atoms with E-state index in [1.807, 2.05) is 11.3 Å². The third kappa shape index (κ3) is 4.41. The molecular formula is C16H29N3OS. The van der Waals surface area contributed by atoms with E-state index in [1.54, 1.807) is 7.11 Å². The van der Waals surface area contributed by atoms with E-state index in [0.29, 0.717) is 11.3 Å². The molecule has 0 radical (unpaired) electrons. The molecule has 1 N–H and O–H groups in total. The molecule has 2 heterocycles. The Morgan fingerprint density at radius 3 is 2.76 bits per heavy atom. The molecule has 4 nitrogen and oxygen atoms in total. The van der Waals surface area contributed by atoms with Crippen molar-refractivity contribution in [2.24, 2.45) is 5.41 Å². The van der Waals surface area contributed by atoms with Crippen molar-refractivity contribution in [3.05, 3.63) is 10.6 Å². The number of methoxy groups -OCH3 is 1. The lowest BCUT2D eigenvalue weighted by Crippen LogP contribution is -2.22. The van der Waals surface area contributed by atoms with Crippen molar-refractivity contribution in [3.63, 3.8) is 0 Å². The van der Waals surface area contributed by atoms with E-state index in [-0.39, 0.29) is 0 Å². The first kappa shape index (κ1) is 16.7. The molecule has 5 heteroatoms. The summed E-state index contributed by atoms with van der Waals surface area (Å²) in [6.07, 6.45) is 1.25. The van der Waals surface area contributed by atoms with Crippen molar-refractivity contribution >= 4 is 16.5 Å². The lowest BCUT2D eigenvalue weighted by molar-refractivity contribution is 0.199. The van der Waals surface area contributed by atoms with E-state index in [0.717, 1.165) is 32.8 Å². The number of thiazole rings is 1. The molecule has 0 saturated carbocycles. The molecule has 0 bridgehead atoms. The van der Waals surface area contributed by atoms with Crippen LogP contribution in [0, 0.1) is 5.41 Å². The molecule has 21 heavy (non-hydrogen) atoms. The van der Waals surface area contributed by atoms with Gasteiger partial charge in [-0.2, -0.15) is 0 Å². The normalized spacial score (nSPS) is 17.9. The van der Waals surface area contributed by atoms with Crippen molar-refractivity contribution in [2.45, 2.75) is 46.6 Å². The molecule has 1 aliphatic rings.